The Labute approximate surface area is 147 Å². The van der Waals surface area contributed by atoms with E-state index in [-0.39, 0.29) is 12.6 Å². The van der Waals surface area contributed by atoms with E-state index in [1.165, 1.54) is 0 Å². The van der Waals surface area contributed by atoms with E-state index in [1.54, 1.807) is 19.1 Å². The zero-order valence-electron chi connectivity index (χ0n) is 13.1. The van der Waals surface area contributed by atoms with Crippen molar-refractivity contribution < 1.29 is 14.3 Å². The molecule has 0 heterocycles. The molecular weight excluding hydrogens is 332 g/mol. The van der Waals surface area contributed by atoms with E-state index in [9.17, 15) is 4.79 Å². The summed E-state index contributed by atoms with van der Waals surface area (Å²) in [5.74, 6) is 1.44. The molecule has 2 aromatic carbocycles. The molecule has 0 aromatic heterocycles. The summed E-state index contributed by atoms with van der Waals surface area (Å²) in [4.78, 5) is 11.6. The quantitative estimate of drug-likeness (QED) is 0.453. The highest BCUT2D eigenvalue weighted by Gasteiger charge is 2.13. The minimum Gasteiger partial charge on any atom is -0.489 e. The number of thiol groups is 1. The molecule has 0 fully saturated rings. The summed E-state index contributed by atoms with van der Waals surface area (Å²) in [5, 5.41) is 0.655. The van der Waals surface area contributed by atoms with Crippen LogP contribution in [-0.2, 0) is 17.2 Å². The van der Waals surface area contributed by atoms with Gasteiger partial charge in [-0.25, -0.2) is 0 Å². The Morgan fingerprint density at radius 2 is 2.04 bits per heavy atom. The lowest BCUT2D eigenvalue weighted by Crippen LogP contribution is -2.10. The standard InChI is InChI=1S/C18H19ClO3S/c1-3-18(20)22-17-6-4-5-13(11-23)15(17)10-21-14-8-7-12(2)16(19)9-14/h4-9,23H,3,10-11H2,1-2H3. The van der Waals surface area contributed by atoms with E-state index < -0.39 is 0 Å². The molecule has 0 bridgehead atoms. The molecule has 0 aliphatic heterocycles. The van der Waals surface area contributed by atoms with Crippen LogP contribution in [0.5, 0.6) is 11.5 Å². The van der Waals surface area contributed by atoms with Crippen LogP contribution in [0.25, 0.3) is 0 Å². The minimum absolute atomic E-state index is 0.277. The summed E-state index contributed by atoms with van der Waals surface area (Å²) in [6.07, 6.45) is 0.318. The van der Waals surface area contributed by atoms with Crippen molar-refractivity contribution in [3.05, 3.63) is 58.1 Å². The third-order valence-corrected chi connectivity index (χ3v) is 4.19. The number of halogens is 1. The Bertz CT molecular complexity index is 701. The molecule has 5 heteroatoms. The summed E-state index contributed by atoms with van der Waals surface area (Å²) >= 11 is 10.4. The fourth-order valence-electron chi connectivity index (χ4n) is 2.03. The number of carbonyl (C=O) groups is 1. The summed E-state index contributed by atoms with van der Waals surface area (Å²) in [7, 11) is 0. The maximum atomic E-state index is 11.6. The first-order valence-electron chi connectivity index (χ1n) is 7.36. The average molecular weight is 351 g/mol. The molecule has 2 aromatic rings. The van der Waals surface area contributed by atoms with Gasteiger partial charge in [0, 0.05) is 22.8 Å². The summed E-state index contributed by atoms with van der Waals surface area (Å²) in [5.41, 5.74) is 2.78. The number of rotatable bonds is 6. The van der Waals surface area contributed by atoms with E-state index in [0.717, 1.165) is 16.7 Å². The zero-order chi connectivity index (χ0) is 16.8. The molecule has 2 rings (SSSR count). The van der Waals surface area contributed by atoms with E-state index in [1.807, 2.05) is 31.2 Å². The van der Waals surface area contributed by atoms with E-state index in [0.29, 0.717) is 28.7 Å². The van der Waals surface area contributed by atoms with Gasteiger partial charge in [-0.05, 0) is 36.2 Å². The highest BCUT2D eigenvalue weighted by Crippen LogP contribution is 2.27. The fourth-order valence-corrected chi connectivity index (χ4v) is 2.50. The number of carbonyl (C=O) groups excluding carboxylic acids is 1. The predicted molar refractivity (Wildman–Crippen MR) is 95.6 cm³/mol. The van der Waals surface area contributed by atoms with Crippen LogP contribution < -0.4 is 9.47 Å². The Kier molecular flexibility index (Phi) is 6.37. The van der Waals surface area contributed by atoms with Gasteiger partial charge in [0.25, 0.3) is 0 Å². The molecule has 0 N–H and O–H groups in total. The van der Waals surface area contributed by atoms with Crippen molar-refractivity contribution >= 4 is 30.2 Å². The number of hydrogen-bond acceptors (Lipinski definition) is 4. The van der Waals surface area contributed by atoms with E-state index in [2.05, 4.69) is 12.6 Å². The van der Waals surface area contributed by atoms with Gasteiger partial charge >= 0.3 is 5.97 Å². The van der Waals surface area contributed by atoms with Gasteiger partial charge in [0.1, 0.15) is 18.1 Å². The molecule has 0 saturated heterocycles. The highest BCUT2D eigenvalue weighted by atomic mass is 35.5. The van der Waals surface area contributed by atoms with Gasteiger partial charge in [0.15, 0.2) is 0 Å². The van der Waals surface area contributed by atoms with Crippen LogP contribution in [0.3, 0.4) is 0 Å². The Morgan fingerprint density at radius 3 is 2.70 bits per heavy atom. The number of hydrogen-bond donors (Lipinski definition) is 1. The van der Waals surface area contributed by atoms with Gasteiger partial charge in [-0.3, -0.25) is 4.79 Å². The summed E-state index contributed by atoms with van der Waals surface area (Å²) in [6, 6.07) is 11.1. The lowest BCUT2D eigenvalue weighted by molar-refractivity contribution is -0.134. The van der Waals surface area contributed by atoms with Crippen molar-refractivity contribution in [2.45, 2.75) is 32.6 Å². The number of benzene rings is 2. The molecule has 23 heavy (non-hydrogen) atoms. The van der Waals surface area contributed by atoms with Crippen LogP contribution in [0, 0.1) is 6.92 Å². The number of aryl methyl sites for hydroxylation is 1. The molecular formula is C18H19ClO3S. The highest BCUT2D eigenvalue weighted by molar-refractivity contribution is 7.79. The van der Waals surface area contributed by atoms with Crippen LogP contribution in [0.4, 0.5) is 0 Å². The van der Waals surface area contributed by atoms with Crippen molar-refractivity contribution in [1.82, 2.24) is 0 Å². The van der Waals surface area contributed by atoms with Gasteiger partial charge in [0.05, 0.1) is 0 Å². The first-order chi connectivity index (χ1) is 11.0. The van der Waals surface area contributed by atoms with Crippen molar-refractivity contribution in [3.63, 3.8) is 0 Å². The molecule has 0 atom stereocenters. The average Bonchev–Trinajstić information content (AvgIpc) is 2.56. The second-order valence-electron chi connectivity index (χ2n) is 5.08. The summed E-state index contributed by atoms with van der Waals surface area (Å²) < 4.78 is 11.2. The summed E-state index contributed by atoms with van der Waals surface area (Å²) in [6.45, 7) is 3.97. The molecule has 0 spiro atoms. The van der Waals surface area contributed by atoms with Gasteiger partial charge in [-0.15, -0.1) is 0 Å². The van der Waals surface area contributed by atoms with Gasteiger partial charge < -0.3 is 9.47 Å². The van der Waals surface area contributed by atoms with Crippen molar-refractivity contribution in [2.75, 3.05) is 0 Å². The van der Waals surface area contributed by atoms with Crippen LogP contribution in [-0.4, -0.2) is 5.97 Å². The Balaban J connectivity index is 2.22. The van der Waals surface area contributed by atoms with Crippen molar-refractivity contribution in [2.24, 2.45) is 0 Å². The largest absolute Gasteiger partial charge is 0.489 e. The zero-order valence-corrected chi connectivity index (χ0v) is 14.8. The maximum Gasteiger partial charge on any atom is 0.310 e. The van der Waals surface area contributed by atoms with Crippen LogP contribution in [0.1, 0.15) is 30.0 Å². The monoisotopic (exact) mass is 350 g/mol. The minimum atomic E-state index is -0.277. The molecule has 0 aliphatic carbocycles. The van der Waals surface area contributed by atoms with Gasteiger partial charge in [-0.2, -0.15) is 12.6 Å². The van der Waals surface area contributed by atoms with Crippen molar-refractivity contribution in [1.29, 1.82) is 0 Å². The van der Waals surface area contributed by atoms with Crippen LogP contribution in [0.2, 0.25) is 5.02 Å². The third-order valence-electron chi connectivity index (χ3n) is 3.44. The van der Waals surface area contributed by atoms with Gasteiger partial charge in [0.2, 0.25) is 0 Å². The normalized spacial score (nSPS) is 10.4. The lowest BCUT2D eigenvalue weighted by atomic mass is 10.1. The Morgan fingerprint density at radius 1 is 1.26 bits per heavy atom. The molecule has 0 unspecified atom stereocenters. The fraction of sp³-hybridized carbons (Fsp3) is 0.278. The predicted octanol–water partition coefficient (Wildman–Crippen LogP) is 4.97. The van der Waals surface area contributed by atoms with Crippen LogP contribution in [0.15, 0.2) is 36.4 Å². The smallest absolute Gasteiger partial charge is 0.310 e. The van der Waals surface area contributed by atoms with Crippen molar-refractivity contribution in [3.8, 4) is 11.5 Å². The Hall–Kier alpha value is -1.65. The molecule has 3 nitrogen and oxygen atoms in total. The first kappa shape index (κ1) is 17.7. The lowest BCUT2D eigenvalue weighted by Gasteiger charge is -2.15. The third kappa shape index (κ3) is 4.66. The number of ether oxygens (including phenoxy) is 2. The SMILES string of the molecule is CCC(=O)Oc1cccc(CS)c1COc1ccc(C)c(Cl)c1. The van der Waals surface area contributed by atoms with Gasteiger partial charge in [-0.1, -0.05) is 36.7 Å². The maximum absolute atomic E-state index is 11.6. The molecule has 122 valence electrons. The molecule has 0 saturated carbocycles. The van der Waals surface area contributed by atoms with Crippen LogP contribution >= 0.6 is 24.2 Å². The van der Waals surface area contributed by atoms with E-state index in [4.69, 9.17) is 21.1 Å². The molecule has 0 radical (unpaired) electrons. The molecule has 0 aliphatic rings. The van der Waals surface area contributed by atoms with E-state index >= 15 is 0 Å². The first-order valence-corrected chi connectivity index (χ1v) is 8.37. The number of esters is 1. The molecule has 0 amide bonds. The topological polar surface area (TPSA) is 35.5 Å². The second kappa shape index (κ2) is 8.27. The second-order valence-corrected chi connectivity index (χ2v) is 5.80.